The summed E-state index contributed by atoms with van der Waals surface area (Å²) in [4.78, 5) is 29.9. The number of aryl methyl sites for hydroxylation is 1. The molecule has 2 aliphatic heterocycles. The van der Waals surface area contributed by atoms with Crippen LogP contribution in [0.2, 0.25) is 0 Å². The van der Waals surface area contributed by atoms with E-state index in [0.717, 1.165) is 39.1 Å². The van der Waals surface area contributed by atoms with Crippen LogP contribution in [0.3, 0.4) is 0 Å². The van der Waals surface area contributed by atoms with Crippen LogP contribution in [0, 0.1) is 6.92 Å². The summed E-state index contributed by atoms with van der Waals surface area (Å²) in [5.41, 5.74) is 2.52. The minimum atomic E-state index is 0.0830. The van der Waals surface area contributed by atoms with E-state index in [-0.39, 0.29) is 18.4 Å². The molecule has 5 heteroatoms. The van der Waals surface area contributed by atoms with E-state index >= 15 is 0 Å². The second-order valence-electron chi connectivity index (χ2n) is 6.07. The number of para-hydroxylation sites is 1. The molecule has 2 saturated heterocycles. The van der Waals surface area contributed by atoms with Crippen molar-refractivity contribution in [3.8, 4) is 0 Å². The smallest absolute Gasteiger partial charge is 0.242 e. The number of benzene rings is 1. The fourth-order valence-electron chi connectivity index (χ4n) is 3.25. The number of piperazine rings is 1. The number of likely N-dealkylation sites (tertiary alicyclic amines) is 1. The third-order valence-electron chi connectivity index (χ3n) is 4.59. The minimum Gasteiger partial charge on any atom is -0.368 e. The summed E-state index contributed by atoms with van der Waals surface area (Å²) in [6.07, 6.45) is 1.47. The molecule has 0 unspecified atom stereocenters. The Morgan fingerprint density at radius 3 is 2.45 bits per heavy atom. The van der Waals surface area contributed by atoms with Crippen molar-refractivity contribution in [3.05, 3.63) is 29.8 Å². The second kappa shape index (κ2) is 6.38. The molecule has 2 heterocycles. The number of carbonyl (C=O) groups excluding carboxylic acids is 2. The van der Waals surface area contributed by atoms with Gasteiger partial charge in [0.15, 0.2) is 0 Å². The van der Waals surface area contributed by atoms with Crippen molar-refractivity contribution in [1.82, 2.24) is 9.80 Å². The molecule has 0 aromatic heterocycles. The Kier molecular flexibility index (Phi) is 4.32. The van der Waals surface area contributed by atoms with Crippen molar-refractivity contribution in [2.24, 2.45) is 0 Å². The number of anilines is 1. The van der Waals surface area contributed by atoms with Crippen molar-refractivity contribution < 1.29 is 9.59 Å². The van der Waals surface area contributed by atoms with E-state index in [9.17, 15) is 9.59 Å². The van der Waals surface area contributed by atoms with Crippen LogP contribution in [0.15, 0.2) is 24.3 Å². The van der Waals surface area contributed by atoms with Gasteiger partial charge >= 0.3 is 0 Å². The molecule has 0 spiro atoms. The molecule has 5 nitrogen and oxygen atoms in total. The summed E-state index contributed by atoms with van der Waals surface area (Å²) in [5.74, 6) is 0.201. The van der Waals surface area contributed by atoms with Crippen LogP contribution in [0.1, 0.15) is 18.4 Å². The standard InChI is InChI=1S/C17H23N3O2/c1-14-5-2-3-6-15(14)18-9-11-19(12-10-18)17(22)13-20-8-4-7-16(20)21/h2-3,5-6H,4,7-13H2,1H3. The van der Waals surface area contributed by atoms with E-state index in [0.29, 0.717) is 6.42 Å². The lowest BCUT2D eigenvalue weighted by Gasteiger charge is -2.37. The van der Waals surface area contributed by atoms with Gasteiger partial charge in [-0.25, -0.2) is 0 Å². The highest BCUT2D eigenvalue weighted by Gasteiger charge is 2.27. The molecule has 1 aromatic carbocycles. The first-order valence-electron chi connectivity index (χ1n) is 8.01. The van der Waals surface area contributed by atoms with Crippen LogP contribution in [-0.2, 0) is 9.59 Å². The van der Waals surface area contributed by atoms with E-state index in [4.69, 9.17) is 0 Å². The van der Waals surface area contributed by atoms with Crippen LogP contribution >= 0.6 is 0 Å². The molecule has 0 N–H and O–H groups in total. The summed E-state index contributed by atoms with van der Waals surface area (Å²) < 4.78 is 0. The number of carbonyl (C=O) groups is 2. The number of hydrogen-bond donors (Lipinski definition) is 0. The average molecular weight is 301 g/mol. The molecule has 118 valence electrons. The van der Waals surface area contributed by atoms with Gasteiger partial charge < -0.3 is 14.7 Å². The predicted octanol–water partition coefficient (Wildman–Crippen LogP) is 1.27. The molecule has 2 amide bonds. The minimum absolute atomic E-state index is 0.0830. The first-order chi connectivity index (χ1) is 10.6. The lowest BCUT2D eigenvalue weighted by atomic mass is 10.1. The molecule has 0 aliphatic carbocycles. The fraction of sp³-hybridized carbons (Fsp3) is 0.529. The number of nitrogens with zero attached hydrogens (tertiary/aromatic N) is 3. The molecule has 0 bridgehead atoms. The molecule has 0 radical (unpaired) electrons. The summed E-state index contributed by atoms with van der Waals surface area (Å²) >= 11 is 0. The summed E-state index contributed by atoms with van der Waals surface area (Å²) in [5, 5.41) is 0. The average Bonchev–Trinajstić information content (AvgIpc) is 2.93. The van der Waals surface area contributed by atoms with Gasteiger partial charge in [-0.1, -0.05) is 18.2 Å². The van der Waals surface area contributed by atoms with E-state index in [1.807, 2.05) is 11.0 Å². The first-order valence-corrected chi connectivity index (χ1v) is 8.01. The van der Waals surface area contributed by atoms with E-state index in [1.54, 1.807) is 4.90 Å². The maximum Gasteiger partial charge on any atom is 0.242 e. The normalized spacial score (nSPS) is 19.0. The monoisotopic (exact) mass is 301 g/mol. The molecule has 22 heavy (non-hydrogen) atoms. The topological polar surface area (TPSA) is 43.9 Å². The van der Waals surface area contributed by atoms with E-state index in [2.05, 4.69) is 30.0 Å². The molecule has 0 atom stereocenters. The molecular formula is C17H23N3O2. The van der Waals surface area contributed by atoms with Crippen molar-refractivity contribution in [1.29, 1.82) is 0 Å². The lowest BCUT2D eigenvalue weighted by Crippen LogP contribution is -2.51. The Morgan fingerprint density at radius 1 is 1.09 bits per heavy atom. The highest BCUT2D eigenvalue weighted by Crippen LogP contribution is 2.21. The third kappa shape index (κ3) is 3.08. The number of amides is 2. The molecule has 1 aromatic rings. The van der Waals surface area contributed by atoms with E-state index < -0.39 is 0 Å². The SMILES string of the molecule is Cc1ccccc1N1CCN(C(=O)CN2CCCC2=O)CC1. The van der Waals surface area contributed by atoms with Crippen LogP contribution in [-0.4, -0.2) is 60.9 Å². The van der Waals surface area contributed by atoms with Gasteiger partial charge in [-0.15, -0.1) is 0 Å². The largest absolute Gasteiger partial charge is 0.368 e. The molecule has 2 fully saturated rings. The highest BCUT2D eigenvalue weighted by molar-refractivity contribution is 5.86. The van der Waals surface area contributed by atoms with E-state index in [1.165, 1.54) is 11.3 Å². The van der Waals surface area contributed by atoms with Gasteiger partial charge in [0.2, 0.25) is 11.8 Å². The zero-order chi connectivity index (χ0) is 15.5. The van der Waals surface area contributed by atoms with Crippen LogP contribution in [0.25, 0.3) is 0 Å². The Balaban J connectivity index is 1.54. The van der Waals surface area contributed by atoms with Crippen molar-refractivity contribution in [2.45, 2.75) is 19.8 Å². The quantitative estimate of drug-likeness (QED) is 0.844. The van der Waals surface area contributed by atoms with Crippen molar-refractivity contribution in [2.75, 3.05) is 44.2 Å². The Hall–Kier alpha value is -2.04. The van der Waals surface area contributed by atoms with Crippen LogP contribution < -0.4 is 4.90 Å². The number of hydrogen-bond acceptors (Lipinski definition) is 3. The van der Waals surface area contributed by atoms with Crippen molar-refractivity contribution in [3.63, 3.8) is 0 Å². The Bertz CT molecular complexity index is 565. The molecule has 3 rings (SSSR count). The van der Waals surface area contributed by atoms with Crippen LogP contribution in [0.4, 0.5) is 5.69 Å². The summed E-state index contributed by atoms with van der Waals surface area (Å²) in [6.45, 7) is 6.27. The first kappa shape index (κ1) is 14.9. The zero-order valence-corrected chi connectivity index (χ0v) is 13.1. The molecule has 0 saturated carbocycles. The maximum atomic E-state index is 12.3. The summed E-state index contributed by atoms with van der Waals surface area (Å²) in [7, 11) is 0. The third-order valence-corrected chi connectivity index (χ3v) is 4.59. The highest BCUT2D eigenvalue weighted by atomic mass is 16.2. The summed E-state index contributed by atoms with van der Waals surface area (Å²) in [6, 6.07) is 8.35. The van der Waals surface area contributed by atoms with Crippen molar-refractivity contribution >= 4 is 17.5 Å². The maximum absolute atomic E-state index is 12.3. The van der Waals surface area contributed by atoms with Gasteiger partial charge in [-0.3, -0.25) is 9.59 Å². The number of rotatable bonds is 3. The molecular weight excluding hydrogens is 278 g/mol. The second-order valence-corrected chi connectivity index (χ2v) is 6.07. The molecule has 2 aliphatic rings. The van der Waals surface area contributed by atoms with Crippen LogP contribution in [0.5, 0.6) is 0 Å². The Labute approximate surface area is 131 Å². The lowest BCUT2D eigenvalue weighted by molar-refractivity contribution is -0.138. The van der Waals surface area contributed by atoms with Gasteiger partial charge in [0, 0.05) is 44.8 Å². The van der Waals surface area contributed by atoms with Gasteiger partial charge in [0.25, 0.3) is 0 Å². The van der Waals surface area contributed by atoms with Gasteiger partial charge in [-0.05, 0) is 25.0 Å². The van der Waals surface area contributed by atoms with Gasteiger partial charge in [0.05, 0.1) is 6.54 Å². The van der Waals surface area contributed by atoms with Gasteiger partial charge in [0.1, 0.15) is 0 Å². The van der Waals surface area contributed by atoms with Gasteiger partial charge in [-0.2, -0.15) is 0 Å². The fourth-order valence-corrected chi connectivity index (χ4v) is 3.25. The zero-order valence-electron chi connectivity index (χ0n) is 13.1. The Morgan fingerprint density at radius 2 is 1.82 bits per heavy atom. The predicted molar refractivity (Wildman–Crippen MR) is 85.8 cm³/mol.